The van der Waals surface area contributed by atoms with Crippen LogP contribution >= 0.6 is 23.2 Å². The Morgan fingerprint density at radius 1 is 0.923 bits per heavy atom. The summed E-state index contributed by atoms with van der Waals surface area (Å²) < 4.78 is 61.3. The number of amides is 1. The normalized spacial score (nSPS) is 14.5. The molecule has 0 unspecified atom stereocenters. The van der Waals surface area contributed by atoms with E-state index in [9.17, 15) is 21.6 Å². The number of rotatable bonds is 9. The number of carbonyl (C=O) groups excluding carboxylic acids is 1. The number of nitrogens with zero attached hydrogens (tertiary/aromatic N) is 2. The number of hydrogen-bond donors (Lipinski definition) is 1. The van der Waals surface area contributed by atoms with Crippen LogP contribution in [0.3, 0.4) is 0 Å². The minimum atomic E-state index is -4.18. The minimum Gasteiger partial charge on any atom is -0.495 e. The van der Waals surface area contributed by atoms with Gasteiger partial charge in [-0.1, -0.05) is 47.8 Å². The van der Waals surface area contributed by atoms with Gasteiger partial charge in [-0.05, 0) is 61.4 Å². The Labute approximate surface area is 238 Å². The molecule has 3 aromatic rings. The maximum absolute atomic E-state index is 13.5. The molecule has 4 rings (SSSR count). The molecule has 1 N–H and O–H groups in total. The molecule has 0 bridgehead atoms. The fourth-order valence-electron chi connectivity index (χ4n) is 4.21. The molecule has 0 saturated carbocycles. The molecule has 1 heterocycles. The maximum Gasteiger partial charge on any atom is 0.264 e. The summed E-state index contributed by atoms with van der Waals surface area (Å²) in [4.78, 5) is 13.1. The molecular weight excluding hydrogens is 585 g/mol. The molecule has 13 heteroatoms. The number of piperidine rings is 1. The molecule has 1 amide bonds. The number of carbonyl (C=O) groups is 1. The van der Waals surface area contributed by atoms with Gasteiger partial charge >= 0.3 is 0 Å². The van der Waals surface area contributed by atoms with Gasteiger partial charge in [-0.3, -0.25) is 9.10 Å². The van der Waals surface area contributed by atoms with Gasteiger partial charge in [-0.2, -0.15) is 4.31 Å². The molecule has 0 radical (unpaired) electrons. The number of ether oxygens (including phenoxy) is 1. The highest BCUT2D eigenvalue weighted by molar-refractivity contribution is 7.92. The molecule has 9 nitrogen and oxygen atoms in total. The van der Waals surface area contributed by atoms with E-state index in [1.165, 1.54) is 59.9 Å². The van der Waals surface area contributed by atoms with Crippen molar-refractivity contribution in [3.05, 3.63) is 76.8 Å². The standard InChI is InChI=1S/C26H27Cl2N3O6S2/c1-37-24-13-10-19(16-25(24)39(35,36)30-14-6-3-7-15-30)29-26(32)18-31(20-11-12-22(27)23(28)17-20)38(33,34)21-8-4-2-5-9-21/h2,4-5,8-13,16-17H,3,6-7,14-15,18H2,1H3,(H,29,32). The van der Waals surface area contributed by atoms with Crippen LogP contribution < -0.4 is 14.4 Å². The van der Waals surface area contributed by atoms with Gasteiger partial charge in [-0.25, -0.2) is 16.8 Å². The molecular formula is C26H27Cl2N3O6S2. The first-order valence-electron chi connectivity index (χ1n) is 12.0. The van der Waals surface area contributed by atoms with E-state index in [0.717, 1.165) is 23.6 Å². The van der Waals surface area contributed by atoms with Gasteiger partial charge in [0.2, 0.25) is 15.9 Å². The lowest BCUT2D eigenvalue weighted by Crippen LogP contribution is -2.38. The lowest BCUT2D eigenvalue weighted by molar-refractivity contribution is -0.114. The maximum atomic E-state index is 13.5. The molecule has 1 saturated heterocycles. The monoisotopic (exact) mass is 611 g/mol. The second-order valence-corrected chi connectivity index (χ2v) is 13.4. The second-order valence-electron chi connectivity index (χ2n) is 8.80. The first-order chi connectivity index (χ1) is 18.5. The predicted octanol–water partition coefficient (Wildman–Crippen LogP) is 5.01. The van der Waals surface area contributed by atoms with Crippen molar-refractivity contribution in [2.24, 2.45) is 0 Å². The summed E-state index contributed by atoms with van der Waals surface area (Å²) in [5.41, 5.74) is 0.300. The van der Waals surface area contributed by atoms with Crippen LogP contribution in [-0.2, 0) is 24.8 Å². The molecule has 0 aliphatic carbocycles. The smallest absolute Gasteiger partial charge is 0.264 e. The van der Waals surface area contributed by atoms with Gasteiger partial charge in [-0.15, -0.1) is 0 Å². The number of benzene rings is 3. The minimum absolute atomic E-state index is 0.0248. The van der Waals surface area contributed by atoms with E-state index in [2.05, 4.69) is 5.32 Å². The molecule has 0 spiro atoms. The van der Waals surface area contributed by atoms with Crippen molar-refractivity contribution in [2.75, 3.05) is 36.4 Å². The molecule has 3 aromatic carbocycles. The first-order valence-corrected chi connectivity index (χ1v) is 15.7. The second kappa shape index (κ2) is 12.1. The highest BCUT2D eigenvalue weighted by Gasteiger charge is 2.30. The fraction of sp³-hybridized carbons (Fsp3) is 0.269. The van der Waals surface area contributed by atoms with Crippen LogP contribution in [0, 0.1) is 0 Å². The van der Waals surface area contributed by atoms with E-state index in [1.807, 2.05) is 0 Å². The average molecular weight is 613 g/mol. The molecule has 1 aliphatic rings. The molecule has 1 fully saturated rings. The van der Waals surface area contributed by atoms with Crippen LogP contribution in [0.2, 0.25) is 10.0 Å². The van der Waals surface area contributed by atoms with Crippen LogP contribution in [0.25, 0.3) is 0 Å². The molecule has 39 heavy (non-hydrogen) atoms. The van der Waals surface area contributed by atoms with Crippen molar-refractivity contribution in [1.29, 1.82) is 0 Å². The molecule has 1 aliphatic heterocycles. The third-order valence-electron chi connectivity index (χ3n) is 6.19. The Kier molecular flexibility index (Phi) is 9.07. The summed E-state index contributed by atoms with van der Waals surface area (Å²) in [6, 6.07) is 16.1. The molecule has 208 valence electrons. The molecule has 0 atom stereocenters. The number of sulfonamides is 2. The summed E-state index contributed by atoms with van der Waals surface area (Å²) in [6.45, 7) is 0.186. The summed E-state index contributed by atoms with van der Waals surface area (Å²) in [6.07, 6.45) is 2.48. The highest BCUT2D eigenvalue weighted by Crippen LogP contribution is 2.32. The Morgan fingerprint density at radius 2 is 1.62 bits per heavy atom. The Morgan fingerprint density at radius 3 is 2.26 bits per heavy atom. The van der Waals surface area contributed by atoms with E-state index >= 15 is 0 Å². The van der Waals surface area contributed by atoms with E-state index in [-0.39, 0.29) is 37.0 Å². The summed E-state index contributed by atoms with van der Waals surface area (Å²) in [5, 5.41) is 2.96. The largest absolute Gasteiger partial charge is 0.495 e. The average Bonchev–Trinajstić information content (AvgIpc) is 2.94. The third-order valence-corrected chi connectivity index (χ3v) is 10.6. The quantitative estimate of drug-likeness (QED) is 0.364. The lowest BCUT2D eigenvalue weighted by atomic mass is 10.2. The van der Waals surface area contributed by atoms with E-state index < -0.39 is 32.5 Å². The predicted molar refractivity (Wildman–Crippen MR) is 152 cm³/mol. The number of nitrogens with one attached hydrogen (secondary N) is 1. The zero-order valence-electron chi connectivity index (χ0n) is 21.0. The van der Waals surface area contributed by atoms with Crippen LogP contribution in [0.4, 0.5) is 11.4 Å². The van der Waals surface area contributed by atoms with Gasteiger partial charge in [0.15, 0.2) is 0 Å². The van der Waals surface area contributed by atoms with Crippen LogP contribution in [0.15, 0.2) is 76.5 Å². The van der Waals surface area contributed by atoms with Crippen LogP contribution in [0.1, 0.15) is 19.3 Å². The van der Waals surface area contributed by atoms with Crippen molar-refractivity contribution in [3.63, 3.8) is 0 Å². The summed E-state index contributed by atoms with van der Waals surface area (Å²) in [5.74, 6) is -0.560. The lowest BCUT2D eigenvalue weighted by Gasteiger charge is -2.27. The van der Waals surface area contributed by atoms with Crippen molar-refractivity contribution >= 4 is 60.5 Å². The Hall–Kier alpha value is -2.83. The van der Waals surface area contributed by atoms with Crippen molar-refractivity contribution in [1.82, 2.24) is 4.31 Å². The van der Waals surface area contributed by atoms with Crippen LogP contribution in [-0.4, -0.2) is 53.8 Å². The summed E-state index contributed by atoms with van der Waals surface area (Å²) >= 11 is 12.2. The number of anilines is 2. The Bertz CT molecular complexity index is 1560. The van der Waals surface area contributed by atoms with Gasteiger partial charge < -0.3 is 10.1 Å². The van der Waals surface area contributed by atoms with Gasteiger partial charge in [0.05, 0.1) is 27.7 Å². The SMILES string of the molecule is COc1ccc(NC(=O)CN(c2ccc(Cl)c(Cl)c2)S(=O)(=O)c2ccccc2)cc1S(=O)(=O)N1CCCCC1. The van der Waals surface area contributed by atoms with Gasteiger partial charge in [0.1, 0.15) is 17.2 Å². The number of hydrogen-bond acceptors (Lipinski definition) is 6. The van der Waals surface area contributed by atoms with E-state index in [1.54, 1.807) is 18.2 Å². The zero-order chi connectivity index (χ0) is 28.2. The number of methoxy groups -OCH3 is 1. The number of halogens is 2. The van der Waals surface area contributed by atoms with E-state index in [0.29, 0.717) is 13.1 Å². The first kappa shape index (κ1) is 29.2. The highest BCUT2D eigenvalue weighted by atomic mass is 35.5. The summed E-state index contributed by atoms with van der Waals surface area (Å²) in [7, 11) is -6.69. The van der Waals surface area contributed by atoms with Crippen LogP contribution in [0.5, 0.6) is 5.75 Å². The van der Waals surface area contributed by atoms with E-state index in [4.69, 9.17) is 27.9 Å². The van der Waals surface area contributed by atoms with Gasteiger partial charge in [0, 0.05) is 18.8 Å². The van der Waals surface area contributed by atoms with Gasteiger partial charge in [0.25, 0.3) is 10.0 Å². The molecule has 0 aromatic heterocycles. The Balaban J connectivity index is 1.65. The van der Waals surface area contributed by atoms with Crippen molar-refractivity contribution in [3.8, 4) is 5.75 Å². The van der Waals surface area contributed by atoms with Crippen molar-refractivity contribution in [2.45, 2.75) is 29.1 Å². The topological polar surface area (TPSA) is 113 Å². The van der Waals surface area contributed by atoms with Crippen molar-refractivity contribution < 1.29 is 26.4 Å². The zero-order valence-corrected chi connectivity index (χ0v) is 24.2. The third kappa shape index (κ3) is 6.50. The fourth-order valence-corrected chi connectivity index (χ4v) is 7.63.